The third kappa shape index (κ3) is 39.0. The van der Waals surface area contributed by atoms with Gasteiger partial charge in [-0.2, -0.15) is 0 Å². The molecule has 0 aromatic heterocycles. The first kappa shape index (κ1) is 51.3. The molecule has 312 valence electrons. The first-order chi connectivity index (χ1) is 25.4. The summed E-state index contributed by atoms with van der Waals surface area (Å²) >= 11 is 0. The van der Waals surface area contributed by atoms with Gasteiger partial charge in [0.05, 0.1) is 12.7 Å². The van der Waals surface area contributed by atoms with E-state index in [1.165, 1.54) is 174 Å². The molecule has 0 aliphatic carbocycles. The van der Waals surface area contributed by atoms with E-state index in [2.05, 4.69) is 44.7 Å². The van der Waals surface area contributed by atoms with E-state index in [1.807, 2.05) is 0 Å². The van der Waals surface area contributed by atoms with Crippen LogP contribution in [0, 0.1) is 0 Å². The second-order valence-corrected chi connectivity index (χ2v) is 16.4. The highest BCUT2D eigenvalue weighted by Gasteiger charge is 2.15. The number of hydrogen-bond acceptors (Lipinski definition) is 6. The van der Waals surface area contributed by atoms with Gasteiger partial charge in [0.15, 0.2) is 6.29 Å². The number of unbranched alkanes of at least 4 members (excludes halogenated alkanes) is 24. The van der Waals surface area contributed by atoms with E-state index >= 15 is 0 Å². The van der Waals surface area contributed by atoms with Crippen molar-refractivity contribution in [1.82, 2.24) is 9.80 Å². The van der Waals surface area contributed by atoms with Gasteiger partial charge >= 0.3 is 5.97 Å². The number of carbonyl (C=O) groups is 1. The molecule has 0 rings (SSSR count). The zero-order valence-corrected chi connectivity index (χ0v) is 36.1. The van der Waals surface area contributed by atoms with Crippen LogP contribution in [0.2, 0.25) is 0 Å². The summed E-state index contributed by atoms with van der Waals surface area (Å²) in [5.74, 6) is -0.00315. The summed E-state index contributed by atoms with van der Waals surface area (Å²) in [5, 5.41) is 10.7. The standard InChI is InChI=1S/C46H94N2O4/c1-6-9-12-15-18-27-34-43-51-45(49)37-30-23-19-25-32-39-48(42-41-47(4)5)40-33-26-20-24-31-38-46(50)52-44(35-28-21-16-13-10-7-2)36-29-22-17-14-11-8-3/h44,46,50H,6-43H2,1-5H3. The lowest BCUT2D eigenvalue weighted by atomic mass is 10.0. The molecule has 0 amide bonds. The fraction of sp³-hybridized carbons (Fsp3) is 0.978. The van der Waals surface area contributed by atoms with Gasteiger partial charge in [0.2, 0.25) is 0 Å². The lowest BCUT2D eigenvalue weighted by molar-refractivity contribution is -0.144. The van der Waals surface area contributed by atoms with Crippen LogP contribution in [0.4, 0.5) is 0 Å². The Balaban J connectivity index is 4.10. The van der Waals surface area contributed by atoms with Crippen LogP contribution in [-0.4, -0.2) is 80.2 Å². The van der Waals surface area contributed by atoms with Crippen LogP contribution >= 0.6 is 0 Å². The molecule has 0 heterocycles. The molecule has 0 bridgehead atoms. The molecule has 0 saturated carbocycles. The molecule has 0 aromatic carbocycles. The second kappa shape index (κ2) is 41.5. The van der Waals surface area contributed by atoms with Crippen molar-refractivity contribution >= 4 is 5.97 Å². The summed E-state index contributed by atoms with van der Waals surface area (Å²) in [6.45, 7) is 12.0. The van der Waals surface area contributed by atoms with Crippen LogP contribution in [0.1, 0.15) is 233 Å². The average molecular weight is 739 g/mol. The Morgan fingerprint density at radius 3 is 1.37 bits per heavy atom. The Kier molecular flexibility index (Phi) is 40.9. The van der Waals surface area contributed by atoms with E-state index in [-0.39, 0.29) is 12.1 Å². The molecule has 1 unspecified atom stereocenters. The predicted octanol–water partition coefficient (Wildman–Crippen LogP) is 13.0. The first-order valence-corrected chi connectivity index (χ1v) is 23.3. The third-order valence-electron chi connectivity index (χ3n) is 10.8. The monoisotopic (exact) mass is 739 g/mol. The zero-order valence-electron chi connectivity index (χ0n) is 36.1. The van der Waals surface area contributed by atoms with Gasteiger partial charge in [-0.1, -0.05) is 175 Å². The van der Waals surface area contributed by atoms with E-state index in [1.54, 1.807) is 0 Å². The molecule has 0 saturated heterocycles. The van der Waals surface area contributed by atoms with Crippen molar-refractivity contribution in [3.8, 4) is 0 Å². The first-order valence-electron chi connectivity index (χ1n) is 23.3. The summed E-state index contributed by atoms with van der Waals surface area (Å²) in [6, 6.07) is 0. The zero-order chi connectivity index (χ0) is 38.2. The largest absolute Gasteiger partial charge is 0.466 e. The van der Waals surface area contributed by atoms with Crippen molar-refractivity contribution in [2.24, 2.45) is 0 Å². The van der Waals surface area contributed by atoms with Gasteiger partial charge in [0, 0.05) is 19.5 Å². The molecule has 1 N–H and O–H groups in total. The number of ether oxygens (including phenoxy) is 2. The number of nitrogens with zero attached hydrogens (tertiary/aromatic N) is 2. The number of carbonyl (C=O) groups excluding carboxylic acids is 1. The highest BCUT2D eigenvalue weighted by molar-refractivity contribution is 5.69. The van der Waals surface area contributed by atoms with Crippen molar-refractivity contribution in [2.45, 2.75) is 245 Å². The third-order valence-corrected chi connectivity index (χ3v) is 10.8. The van der Waals surface area contributed by atoms with Gasteiger partial charge in [0.1, 0.15) is 0 Å². The average Bonchev–Trinajstić information content (AvgIpc) is 3.13. The second-order valence-electron chi connectivity index (χ2n) is 16.4. The Labute approximate surface area is 326 Å². The minimum Gasteiger partial charge on any atom is -0.466 e. The fourth-order valence-electron chi connectivity index (χ4n) is 7.19. The summed E-state index contributed by atoms with van der Waals surface area (Å²) in [5.41, 5.74) is 0. The Bertz CT molecular complexity index is 690. The molecule has 0 radical (unpaired) electrons. The maximum atomic E-state index is 12.1. The van der Waals surface area contributed by atoms with Crippen molar-refractivity contribution in [2.75, 3.05) is 46.9 Å². The van der Waals surface area contributed by atoms with Gasteiger partial charge in [-0.15, -0.1) is 0 Å². The number of aliphatic hydroxyl groups excluding tert-OH is 1. The van der Waals surface area contributed by atoms with E-state index in [0.717, 1.165) is 58.0 Å². The van der Waals surface area contributed by atoms with Crippen LogP contribution in [-0.2, 0) is 14.3 Å². The topological polar surface area (TPSA) is 62.2 Å². The maximum Gasteiger partial charge on any atom is 0.305 e. The number of aliphatic hydroxyl groups is 1. The van der Waals surface area contributed by atoms with Crippen molar-refractivity contribution in [3.05, 3.63) is 0 Å². The van der Waals surface area contributed by atoms with Gasteiger partial charge in [0.25, 0.3) is 0 Å². The SMILES string of the molecule is CCCCCCCCCOC(=O)CCCCCCCN(CCCCCCCC(O)OC(CCCCCCCC)CCCCCCCC)CCN(C)C. The van der Waals surface area contributed by atoms with Crippen LogP contribution in [0.15, 0.2) is 0 Å². The van der Waals surface area contributed by atoms with Crippen molar-refractivity contribution in [1.29, 1.82) is 0 Å². The van der Waals surface area contributed by atoms with E-state index in [0.29, 0.717) is 13.0 Å². The van der Waals surface area contributed by atoms with Crippen LogP contribution in [0.5, 0.6) is 0 Å². The molecule has 52 heavy (non-hydrogen) atoms. The van der Waals surface area contributed by atoms with Crippen molar-refractivity contribution < 1.29 is 19.4 Å². The number of hydrogen-bond donors (Lipinski definition) is 1. The number of likely N-dealkylation sites (N-methyl/N-ethyl adjacent to an activating group) is 1. The van der Waals surface area contributed by atoms with Crippen LogP contribution in [0.3, 0.4) is 0 Å². The van der Waals surface area contributed by atoms with Crippen LogP contribution < -0.4 is 0 Å². The van der Waals surface area contributed by atoms with E-state index in [9.17, 15) is 9.90 Å². The molecule has 0 aromatic rings. The summed E-state index contributed by atoms with van der Waals surface area (Å²) < 4.78 is 11.7. The normalized spacial score (nSPS) is 12.5. The lowest BCUT2D eigenvalue weighted by Crippen LogP contribution is -2.33. The van der Waals surface area contributed by atoms with Gasteiger partial charge in [-0.05, 0) is 78.6 Å². The fourth-order valence-corrected chi connectivity index (χ4v) is 7.19. The quantitative estimate of drug-likeness (QED) is 0.0382. The number of esters is 1. The molecule has 0 aliphatic rings. The van der Waals surface area contributed by atoms with E-state index in [4.69, 9.17) is 9.47 Å². The summed E-state index contributed by atoms with van der Waals surface area (Å²) in [7, 11) is 4.34. The molecule has 0 spiro atoms. The minimum absolute atomic E-state index is 0.00315. The maximum absolute atomic E-state index is 12.1. The van der Waals surface area contributed by atoms with Gasteiger partial charge < -0.3 is 24.4 Å². The highest BCUT2D eigenvalue weighted by atomic mass is 16.6. The summed E-state index contributed by atoms with van der Waals surface area (Å²) in [4.78, 5) is 17.0. The molecular weight excluding hydrogens is 645 g/mol. The van der Waals surface area contributed by atoms with Crippen molar-refractivity contribution in [3.63, 3.8) is 0 Å². The molecular formula is C46H94N2O4. The van der Waals surface area contributed by atoms with E-state index < -0.39 is 6.29 Å². The predicted molar refractivity (Wildman–Crippen MR) is 226 cm³/mol. The molecule has 0 aliphatic heterocycles. The van der Waals surface area contributed by atoms with Gasteiger partial charge in [-0.3, -0.25) is 4.79 Å². The van der Waals surface area contributed by atoms with Crippen LogP contribution in [0.25, 0.3) is 0 Å². The van der Waals surface area contributed by atoms with Gasteiger partial charge in [-0.25, -0.2) is 0 Å². The Morgan fingerprint density at radius 1 is 0.481 bits per heavy atom. The smallest absolute Gasteiger partial charge is 0.305 e. The Morgan fingerprint density at radius 2 is 0.885 bits per heavy atom. The molecule has 1 atom stereocenters. The minimum atomic E-state index is -0.597. The summed E-state index contributed by atoms with van der Waals surface area (Å²) in [6.07, 6.45) is 39.5. The molecule has 6 heteroatoms. The Hall–Kier alpha value is -0.690. The lowest BCUT2D eigenvalue weighted by Gasteiger charge is -2.24. The highest BCUT2D eigenvalue weighted by Crippen LogP contribution is 2.20. The number of rotatable bonds is 43. The molecule has 6 nitrogen and oxygen atoms in total. The molecule has 0 fully saturated rings.